The average Bonchev–Trinajstić information content (AvgIpc) is 2.78. The minimum absolute atomic E-state index is 0.126. The summed E-state index contributed by atoms with van der Waals surface area (Å²) in [6, 6.07) is 0.126. The van der Waals surface area contributed by atoms with E-state index in [4.69, 9.17) is 4.74 Å². The van der Waals surface area contributed by atoms with Gasteiger partial charge in [-0.2, -0.15) is 0 Å². The van der Waals surface area contributed by atoms with Gasteiger partial charge in [-0.1, -0.05) is 6.92 Å². The summed E-state index contributed by atoms with van der Waals surface area (Å²) in [5.74, 6) is 0.737. The molecule has 0 bridgehead atoms. The lowest BCUT2D eigenvalue weighted by Crippen LogP contribution is -2.46. The number of likely N-dealkylation sites (tertiary alicyclic amines) is 1. The Kier molecular flexibility index (Phi) is 5.38. The van der Waals surface area contributed by atoms with Crippen molar-refractivity contribution in [3.63, 3.8) is 0 Å². The number of nitrogens with zero attached hydrogens (tertiary/aromatic N) is 1. The van der Waals surface area contributed by atoms with Crippen LogP contribution in [0.4, 0.5) is 4.79 Å². The molecule has 22 heavy (non-hydrogen) atoms. The van der Waals surface area contributed by atoms with Gasteiger partial charge >= 0.3 is 6.09 Å². The molecular formula is C17H32N2O3. The van der Waals surface area contributed by atoms with Crippen molar-refractivity contribution >= 4 is 6.09 Å². The van der Waals surface area contributed by atoms with Crippen LogP contribution in [0.1, 0.15) is 59.8 Å². The molecule has 1 saturated heterocycles. The number of carbonyl (C=O) groups is 1. The van der Waals surface area contributed by atoms with Gasteiger partial charge < -0.3 is 15.2 Å². The smallest absolute Gasteiger partial charge is 0.407 e. The maximum atomic E-state index is 11.8. The van der Waals surface area contributed by atoms with Crippen LogP contribution in [0.25, 0.3) is 0 Å². The largest absolute Gasteiger partial charge is 0.444 e. The normalized spacial score (nSPS) is 33.7. The molecule has 1 heterocycles. The lowest BCUT2D eigenvalue weighted by atomic mass is 9.79. The summed E-state index contributed by atoms with van der Waals surface area (Å²) >= 11 is 0. The second-order valence-corrected chi connectivity index (χ2v) is 8.27. The number of hydrogen-bond acceptors (Lipinski definition) is 4. The van der Waals surface area contributed by atoms with E-state index in [1.165, 1.54) is 0 Å². The predicted octanol–water partition coefficient (Wildman–Crippen LogP) is 2.53. The van der Waals surface area contributed by atoms with Crippen LogP contribution in [0.5, 0.6) is 0 Å². The van der Waals surface area contributed by atoms with Gasteiger partial charge in [-0.25, -0.2) is 4.79 Å². The molecule has 1 aliphatic heterocycles. The molecule has 2 N–H and O–H groups in total. The van der Waals surface area contributed by atoms with Gasteiger partial charge in [0, 0.05) is 25.7 Å². The standard InChI is InChI=1S/C17H32N2O3/c1-13-5-8-17(21,9-6-13)12-19-10-7-14(11-19)18-15(20)22-16(2,3)4/h13-14,21H,5-12H2,1-4H3,(H,18,20). The number of nitrogens with one attached hydrogen (secondary N) is 1. The van der Waals surface area contributed by atoms with Gasteiger partial charge in [-0.15, -0.1) is 0 Å². The highest BCUT2D eigenvalue weighted by Gasteiger charge is 2.36. The maximum absolute atomic E-state index is 11.8. The Bertz CT molecular complexity index is 384. The summed E-state index contributed by atoms with van der Waals surface area (Å²) in [6.07, 6.45) is 4.60. The lowest BCUT2D eigenvalue weighted by molar-refractivity contribution is -0.0309. The van der Waals surface area contributed by atoms with E-state index in [2.05, 4.69) is 17.1 Å². The third-order valence-electron chi connectivity index (χ3n) is 4.72. The van der Waals surface area contributed by atoms with Crippen LogP contribution >= 0.6 is 0 Å². The zero-order chi connectivity index (χ0) is 16.4. The zero-order valence-corrected chi connectivity index (χ0v) is 14.5. The van der Waals surface area contributed by atoms with Crippen molar-refractivity contribution in [2.75, 3.05) is 19.6 Å². The molecule has 5 heteroatoms. The first kappa shape index (κ1) is 17.5. The van der Waals surface area contributed by atoms with E-state index in [1.54, 1.807) is 0 Å². The SMILES string of the molecule is CC1CCC(O)(CN2CCC(NC(=O)OC(C)(C)C)C2)CC1. The Labute approximate surface area is 134 Å². The van der Waals surface area contributed by atoms with E-state index in [-0.39, 0.29) is 12.1 Å². The number of aliphatic hydroxyl groups is 1. The highest BCUT2D eigenvalue weighted by molar-refractivity contribution is 5.68. The number of β-amino-alcohol motifs (C(OH)–C–C–N with tert-alkyl or cyclic N) is 1. The fraction of sp³-hybridized carbons (Fsp3) is 0.941. The number of ether oxygens (including phenoxy) is 1. The Hall–Kier alpha value is -0.810. The van der Waals surface area contributed by atoms with Crippen LogP contribution in [0.2, 0.25) is 0 Å². The molecule has 5 nitrogen and oxygen atoms in total. The van der Waals surface area contributed by atoms with Crippen LogP contribution in [0.15, 0.2) is 0 Å². The molecule has 128 valence electrons. The Balaban J connectivity index is 1.75. The second-order valence-electron chi connectivity index (χ2n) is 8.27. The van der Waals surface area contributed by atoms with Crippen LogP contribution in [-0.2, 0) is 4.74 Å². The number of carbonyl (C=O) groups excluding carboxylic acids is 1. The fourth-order valence-corrected chi connectivity index (χ4v) is 3.44. The first-order chi connectivity index (χ1) is 10.2. The highest BCUT2D eigenvalue weighted by atomic mass is 16.6. The Morgan fingerprint density at radius 2 is 1.95 bits per heavy atom. The molecule has 2 fully saturated rings. The van der Waals surface area contributed by atoms with Crippen LogP contribution in [-0.4, -0.2) is 53.0 Å². The summed E-state index contributed by atoms with van der Waals surface area (Å²) in [5.41, 5.74) is -0.996. The summed E-state index contributed by atoms with van der Waals surface area (Å²) in [6.45, 7) is 10.3. The topological polar surface area (TPSA) is 61.8 Å². The number of amides is 1. The Morgan fingerprint density at radius 3 is 2.55 bits per heavy atom. The average molecular weight is 312 g/mol. The summed E-state index contributed by atoms with van der Waals surface area (Å²) in [5, 5.41) is 13.7. The van der Waals surface area contributed by atoms with Gasteiger partial charge in [0.15, 0.2) is 0 Å². The second kappa shape index (κ2) is 6.75. The van der Waals surface area contributed by atoms with E-state index in [1.807, 2.05) is 20.8 Å². The molecule has 1 amide bonds. The predicted molar refractivity (Wildman–Crippen MR) is 86.8 cm³/mol. The monoisotopic (exact) mass is 312 g/mol. The van der Waals surface area contributed by atoms with Crippen molar-refractivity contribution in [2.24, 2.45) is 5.92 Å². The third-order valence-corrected chi connectivity index (χ3v) is 4.72. The zero-order valence-electron chi connectivity index (χ0n) is 14.5. The van der Waals surface area contributed by atoms with Crippen molar-refractivity contribution in [3.8, 4) is 0 Å². The quantitative estimate of drug-likeness (QED) is 0.840. The van der Waals surface area contributed by atoms with Crippen LogP contribution in [0.3, 0.4) is 0 Å². The minimum atomic E-state index is -0.534. The van der Waals surface area contributed by atoms with Crippen molar-refractivity contribution in [1.29, 1.82) is 0 Å². The summed E-state index contributed by atoms with van der Waals surface area (Å²) in [4.78, 5) is 14.1. The Morgan fingerprint density at radius 1 is 1.32 bits per heavy atom. The van der Waals surface area contributed by atoms with Crippen molar-refractivity contribution in [3.05, 3.63) is 0 Å². The van der Waals surface area contributed by atoms with Gasteiger partial charge in [-0.05, 0) is 58.8 Å². The van der Waals surface area contributed by atoms with Gasteiger partial charge in [0.1, 0.15) is 5.60 Å². The molecule has 0 aromatic rings. The van der Waals surface area contributed by atoms with Crippen molar-refractivity contribution in [2.45, 2.75) is 77.0 Å². The maximum Gasteiger partial charge on any atom is 0.407 e. The first-order valence-electron chi connectivity index (χ1n) is 8.59. The molecule has 0 radical (unpaired) electrons. The molecule has 1 aliphatic carbocycles. The highest BCUT2D eigenvalue weighted by Crippen LogP contribution is 2.33. The molecular weight excluding hydrogens is 280 g/mol. The van der Waals surface area contributed by atoms with Crippen LogP contribution < -0.4 is 5.32 Å². The third kappa shape index (κ3) is 5.43. The van der Waals surface area contributed by atoms with Gasteiger partial charge in [0.25, 0.3) is 0 Å². The van der Waals surface area contributed by atoms with E-state index in [9.17, 15) is 9.90 Å². The van der Waals surface area contributed by atoms with E-state index in [0.717, 1.165) is 57.7 Å². The van der Waals surface area contributed by atoms with Gasteiger partial charge in [0.2, 0.25) is 0 Å². The number of alkyl carbamates (subject to hydrolysis) is 1. The summed E-state index contributed by atoms with van der Waals surface area (Å²) in [7, 11) is 0. The number of rotatable bonds is 3. The molecule has 0 aromatic heterocycles. The molecule has 2 aliphatic rings. The van der Waals surface area contributed by atoms with E-state index >= 15 is 0 Å². The minimum Gasteiger partial charge on any atom is -0.444 e. The molecule has 0 aromatic carbocycles. The fourth-order valence-electron chi connectivity index (χ4n) is 3.44. The van der Waals surface area contributed by atoms with E-state index in [0.29, 0.717) is 0 Å². The van der Waals surface area contributed by atoms with E-state index < -0.39 is 11.2 Å². The molecule has 2 rings (SSSR count). The number of hydrogen-bond donors (Lipinski definition) is 2. The van der Waals surface area contributed by atoms with Gasteiger partial charge in [-0.3, -0.25) is 4.90 Å². The lowest BCUT2D eigenvalue weighted by Gasteiger charge is -2.37. The molecule has 1 unspecified atom stereocenters. The molecule has 0 spiro atoms. The van der Waals surface area contributed by atoms with Crippen molar-refractivity contribution < 1.29 is 14.6 Å². The molecule has 1 saturated carbocycles. The first-order valence-corrected chi connectivity index (χ1v) is 8.59. The van der Waals surface area contributed by atoms with Crippen molar-refractivity contribution in [1.82, 2.24) is 10.2 Å². The molecule has 1 atom stereocenters. The van der Waals surface area contributed by atoms with Crippen LogP contribution in [0, 0.1) is 5.92 Å². The summed E-state index contributed by atoms with van der Waals surface area (Å²) < 4.78 is 5.30. The van der Waals surface area contributed by atoms with Gasteiger partial charge in [0.05, 0.1) is 5.60 Å².